The first-order valence-electron chi connectivity index (χ1n) is 3.25. The zero-order valence-electron chi connectivity index (χ0n) is 5.45. The van der Waals surface area contributed by atoms with Crippen LogP contribution in [0.2, 0.25) is 0 Å². The number of nitrogens with zero attached hydrogens (tertiary/aromatic N) is 1. The molecule has 0 aromatic heterocycles. The summed E-state index contributed by atoms with van der Waals surface area (Å²) >= 11 is 0. The molecule has 0 radical (unpaired) electrons. The van der Waals surface area contributed by atoms with Gasteiger partial charge in [0.2, 0.25) is 0 Å². The van der Waals surface area contributed by atoms with Gasteiger partial charge in [-0.25, -0.2) is 0 Å². The lowest BCUT2D eigenvalue weighted by atomic mass is 9.98. The van der Waals surface area contributed by atoms with E-state index in [2.05, 4.69) is 11.2 Å². The van der Waals surface area contributed by atoms with Gasteiger partial charge in [-0.1, -0.05) is 17.3 Å². The Labute approximate surface area is 58.8 Å². The summed E-state index contributed by atoms with van der Waals surface area (Å²) in [5.41, 5.74) is 5.54. The number of fused-ring (bicyclic) bond motifs is 1. The first kappa shape index (κ1) is 5.53. The minimum absolute atomic E-state index is 0.213. The maximum absolute atomic E-state index is 5.54. The molecule has 52 valence electrons. The number of hydrogen-bond donors (Lipinski definition) is 1. The molecule has 0 amide bonds. The number of rotatable bonds is 0. The number of hydrogen-bond acceptors (Lipinski definition) is 3. The zero-order valence-corrected chi connectivity index (χ0v) is 5.45. The van der Waals surface area contributed by atoms with Crippen molar-refractivity contribution in [2.75, 3.05) is 0 Å². The van der Waals surface area contributed by atoms with Crippen molar-refractivity contribution in [2.45, 2.75) is 6.42 Å². The predicted octanol–water partition coefficient (Wildman–Crippen LogP) is 0.749. The molecule has 0 saturated heterocycles. The quantitative estimate of drug-likeness (QED) is 0.534. The number of nitrogens with two attached hydrogens (primary N) is 1. The predicted molar refractivity (Wildman–Crippen MR) is 38.0 cm³/mol. The third kappa shape index (κ3) is 0.635. The van der Waals surface area contributed by atoms with Gasteiger partial charge in [0.05, 0.1) is 5.92 Å². The van der Waals surface area contributed by atoms with E-state index in [0.29, 0.717) is 5.84 Å². The molecule has 3 nitrogen and oxygen atoms in total. The Morgan fingerprint density at radius 3 is 3.40 bits per heavy atom. The molecule has 1 heterocycles. The maximum atomic E-state index is 5.54. The van der Waals surface area contributed by atoms with Crippen LogP contribution in [0.15, 0.2) is 29.1 Å². The van der Waals surface area contributed by atoms with Crippen LogP contribution in [0.3, 0.4) is 0 Å². The third-order valence-corrected chi connectivity index (χ3v) is 1.73. The van der Waals surface area contributed by atoms with E-state index in [4.69, 9.17) is 10.6 Å². The molecular formula is C7H8N2O. The van der Waals surface area contributed by atoms with E-state index in [1.54, 1.807) is 0 Å². The van der Waals surface area contributed by atoms with Crippen LogP contribution in [0.5, 0.6) is 0 Å². The number of oxime groups is 1. The van der Waals surface area contributed by atoms with Gasteiger partial charge in [-0.15, -0.1) is 0 Å². The zero-order chi connectivity index (χ0) is 6.97. The monoisotopic (exact) mass is 136 g/mol. The highest BCUT2D eigenvalue weighted by molar-refractivity contribution is 5.86. The summed E-state index contributed by atoms with van der Waals surface area (Å²) in [5.74, 6) is 1.68. The minimum Gasteiger partial charge on any atom is -0.384 e. The molecule has 3 heteroatoms. The molecule has 0 bridgehead atoms. The van der Waals surface area contributed by atoms with E-state index in [1.807, 2.05) is 12.2 Å². The van der Waals surface area contributed by atoms with Crippen molar-refractivity contribution in [3.63, 3.8) is 0 Å². The van der Waals surface area contributed by atoms with Gasteiger partial charge in [-0.3, -0.25) is 0 Å². The molecular weight excluding hydrogens is 128 g/mol. The Morgan fingerprint density at radius 2 is 2.60 bits per heavy atom. The number of amidine groups is 1. The smallest absolute Gasteiger partial charge is 0.151 e. The van der Waals surface area contributed by atoms with Crippen molar-refractivity contribution in [1.29, 1.82) is 0 Å². The van der Waals surface area contributed by atoms with Crippen LogP contribution in [-0.2, 0) is 4.84 Å². The Kier molecular flexibility index (Phi) is 1.03. The average Bonchev–Trinajstić information content (AvgIpc) is 2.34. The molecule has 2 rings (SSSR count). The first-order chi connectivity index (χ1) is 4.88. The fourth-order valence-corrected chi connectivity index (χ4v) is 1.14. The van der Waals surface area contributed by atoms with Gasteiger partial charge in [0.1, 0.15) is 5.76 Å². The highest BCUT2D eigenvalue weighted by atomic mass is 16.6. The van der Waals surface area contributed by atoms with E-state index >= 15 is 0 Å². The summed E-state index contributed by atoms with van der Waals surface area (Å²) < 4.78 is 0. The SMILES string of the molecule is NC1=NOC2=CC=CCC21. The van der Waals surface area contributed by atoms with Crippen LogP contribution in [0.4, 0.5) is 0 Å². The molecule has 0 fully saturated rings. The fourth-order valence-electron chi connectivity index (χ4n) is 1.14. The van der Waals surface area contributed by atoms with E-state index < -0.39 is 0 Å². The molecule has 0 saturated carbocycles. The third-order valence-electron chi connectivity index (χ3n) is 1.73. The van der Waals surface area contributed by atoms with E-state index in [-0.39, 0.29) is 5.92 Å². The van der Waals surface area contributed by atoms with Gasteiger partial charge in [0.15, 0.2) is 5.84 Å². The number of allylic oxidation sites excluding steroid dienone is 3. The lowest BCUT2D eigenvalue weighted by Gasteiger charge is -2.08. The van der Waals surface area contributed by atoms with Crippen LogP contribution < -0.4 is 5.73 Å². The topological polar surface area (TPSA) is 47.6 Å². The molecule has 2 aliphatic rings. The summed E-state index contributed by atoms with van der Waals surface area (Å²) in [7, 11) is 0. The van der Waals surface area contributed by atoms with Crippen LogP contribution >= 0.6 is 0 Å². The van der Waals surface area contributed by atoms with Crippen LogP contribution in [0, 0.1) is 5.92 Å². The average molecular weight is 136 g/mol. The minimum atomic E-state index is 0.213. The molecule has 0 aromatic rings. The second-order valence-corrected chi connectivity index (χ2v) is 2.39. The second-order valence-electron chi connectivity index (χ2n) is 2.39. The standard InChI is InChI=1S/C7H8N2O/c8-7-5-3-1-2-4-6(5)10-9-7/h1-2,4-5H,3H2,(H2,8,9). The van der Waals surface area contributed by atoms with Crippen molar-refractivity contribution in [3.05, 3.63) is 24.0 Å². The Bertz CT molecular complexity index is 240. The van der Waals surface area contributed by atoms with Crippen molar-refractivity contribution >= 4 is 5.84 Å². The van der Waals surface area contributed by atoms with Crippen molar-refractivity contribution in [2.24, 2.45) is 16.8 Å². The highest BCUT2D eigenvalue weighted by Crippen LogP contribution is 2.26. The first-order valence-corrected chi connectivity index (χ1v) is 3.25. The molecule has 1 aliphatic carbocycles. The van der Waals surface area contributed by atoms with Crippen molar-refractivity contribution < 1.29 is 4.84 Å². The summed E-state index contributed by atoms with van der Waals surface area (Å²) in [4.78, 5) is 4.94. The Morgan fingerprint density at radius 1 is 1.70 bits per heavy atom. The molecule has 2 N–H and O–H groups in total. The van der Waals surface area contributed by atoms with E-state index in [9.17, 15) is 0 Å². The lowest BCUT2D eigenvalue weighted by molar-refractivity contribution is 0.230. The molecule has 1 aliphatic heterocycles. The fraction of sp³-hybridized carbons (Fsp3) is 0.286. The second kappa shape index (κ2) is 1.87. The van der Waals surface area contributed by atoms with Crippen molar-refractivity contribution in [1.82, 2.24) is 0 Å². The summed E-state index contributed by atoms with van der Waals surface area (Å²) in [6.45, 7) is 0. The molecule has 1 unspecified atom stereocenters. The molecule has 0 aromatic carbocycles. The Hall–Kier alpha value is -1.25. The normalized spacial score (nSPS) is 28.6. The summed E-state index contributed by atoms with van der Waals surface area (Å²) in [6.07, 6.45) is 6.84. The highest BCUT2D eigenvalue weighted by Gasteiger charge is 2.26. The largest absolute Gasteiger partial charge is 0.384 e. The summed E-state index contributed by atoms with van der Waals surface area (Å²) in [6, 6.07) is 0. The molecule has 1 atom stereocenters. The van der Waals surface area contributed by atoms with Crippen molar-refractivity contribution in [3.8, 4) is 0 Å². The van der Waals surface area contributed by atoms with Gasteiger partial charge in [-0.2, -0.15) is 0 Å². The van der Waals surface area contributed by atoms with Gasteiger partial charge >= 0.3 is 0 Å². The lowest BCUT2D eigenvalue weighted by Crippen LogP contribution is -2.20. The van der Waals surface area contributed by atoms with Gasteiger partial charge in [-0.05, 0) is 12.5 Å². The maximum Gasteiger partial charge on any atom is 0.151 e. The van der Waals surface area contributed by atoms with Gasteiger partial charge in [0, 0.05) is 0 Å². The van der Waals surface area contributed by atoms with Gasteiger partial charge < -0.3 is 10.6 Å². The summed E-state index contributed by atoms with van der Waals surface area (Å²) in [5, 5.41) is 3.67. The van der Waals surface area contributed by atoms with Crippen LogP contribution in [0.1, 0.15) is 6.42 Å². The molecule has 10 heavy (non-hydrogen) atoms. The Balaban J connectivity index is 2.30. The van der Waals surface area contributed by atoms with E-state index in [0.717, 1.165) is 12.2 Å². The van der Waals surface area contributed by atoms with E-state index in [1.165, 1.54) is 0 Å². The van der Waals surface area contributed by atoms with Crippen LogP contribution in [0.25, 0.3) is 0 Å². The van der Waals surface area contributed by atoms with Gasteiger partial charge in [0.25, 0.3) is 0 Å². The molecule has 0 spiro atoms. The van der Waals surface area contributed by atoms with Crippen LogP contribution in [-0.4, -0.2) is 5.84 Å².